The van der Waals surface area contributed by atoms with Gasteiger partial charge in [0, 0.05) is 11.3 Å². The van der Waals surface area contributed by atoms with Gasteiger partial charge in [0.15, 0.2) is 0 Å². The fraction of sp³-hybridized carbons (Fsp3) is 0.222. The summed E-state index contributed by atoms with van der Waals surface area (Å²) in [5.41, 5.74) is 7.62. The number of nitrogens with zero attached hydrogens (tertiary/aromatic N) is 1. The monoisotopic (exact) mass is 312 g/mol. The molecule has 0 bridgehead atoms. The van der Waals surface area contributed by atoms with Crippen LogP contribution in [0.15, 0.2) is 53.5 Å². The number of hydrogen-bond donors (Lipinski definition) is 1. The Morgan fingerprint density at radius 3 is 2.61 bits per heavy atom. The molecule has 1 amide bonds. The van der Waals surface area contributed by atoms with Crippen LogP contribution in [0.1, 0.15) is 24.0 Å². The number of halogens is 1. The minimum atomic E-state index is -0.415. The lowest BCUT2D eigenvalue weighted by Gasteiger charge is -2.08. The first-order valence-electron chi connectivity index (χ1n) is 7.46. The maximum Gasteiger partial charge on any atom is 0.242 e. The van der Waals surface area contributed by atoms with Crippen molar-refractivity contribution in [2.45, 2.75) is 25.5 Å². The molecular formula is C18H17FN2O2. The van der Waals surface area contributed by atoms with Crippen molar-refractivity contribution in [3.05, 3.63) is 65.5 Å². The predicted octanol–water partition coefficient (Wildman–Crippen LogP) is 2.84. The quantitative estimate of drug-likeness (QED) is 0.922. The van der Waals surface area contributed by atoms with Gasteiger partial charge in [-0.1, -0.05) is 18.2 Å². The summed E-state index contributed by atoms with van der Waals surface area (Å²) in [6.07, 6.45) is 1.40. The maximum atomic E-state index is 13.5. The summed E-state index contributed by atoms with van der Waals surface area (Å²) in [7, 11) is 0. The van der Waals surface area contributed by atoms with Crippen LogP contribution in [0, 0.1) is 5.82 Å². The Hall–Kier alpha value is -2.69. The van der Waals surface area contributed by atoms with E-state index in [9.17, 15) is 9.18 Å². The Morgan fingerprint density at radius 2 is 1.96 bits per heavy atom. The third-order valence-corrected chi connectivity index (χ3v) is 3.83. The highest BCUT2D eigenvalue weighted by molar-refractivity contribution is 6.04. The van der Waals surface area contributed by atoms with Gasteiger partial charge in [-0.2, -0.15) is 0 Å². The normalized spacial score (nSPS) is 16.9. The lowest BCUT2D eigenvalue weighted by atomic mass is 10.1. The highest BCUT2D eigenvalue weighted by Gasteiger charge is 2.22. The van der Waals surface area contributed by atoms with Gasteiger partial charge >= 0.3 is 0 Å². The molecular weight excluding hydrogens is 295 g/mol. The molecule has 1 aliphatic heterocycles. The largest absolute Gasteiger partial charge is 0.489 e. The van der Waals surface area contributed by atoms with Crippen molar-refractivity contribution in [2.24, 2.45) is 10.7 Å². The Bertz CT molecular complexity index is 741. The van der Waals surface area contributed by atoms with E-state index in [1.54, 1.807) is 18.2 Å². The fourth-order valence-corrected chi connectivity index (χ4v) is 2.54. The van der Waals surface area contributed by atoms with Crippen LogP contribution in [0.5, 0.6) is 5.75 Å². The Labute approximate surface area is 133 Å². The Morgan fingerprint density at radius 1 is 1.22 bits per heavy atom. The first kappa shape index (κ1) is 15.2. The van der Waals surface area contributed by atoms with Gasteiger partial charge < -0.3 is 10.5 Å². The Kier molecular flexibility index (Phi) is 4.37. The molecule has 0 fully saturated rings. The molecule has 0 aliphatic carbocycles. The third-order valence-electron chi connectivity index (χ3n) is 3.83. The number of benzene rings is 2. The molecule has 1 aliphatic rings. The number of nitrogens with two attached hydrogens (primary N) is 1. The van der Waals surface area contributed by atoms with Gasteiger partial charge in [-0.05, 0) is 48.7 Å². The first-order chi connectivity index (χ1) is 11.1. The average molecular weight is 312 g/mol. The van der Waals surface area contributed by atoms with Crippen molar-refractivity contribution in [3.63, 3.8) is 0 Å². The van der Waals surface area contributed by atoms with E-state index < -0.39 is 6.04 Å². The molecule has 3 rings (SSSR count). The second-order valence-electron chi connectivity index (χ2n) is 5.44. The van der Waals surface area contributed by atoms with Crippen molar-refractivity contribution in [3.8, 4) is 5.75 Å². The van der Waals surface area contributed by atoms with Gasteiger partial charge in [0.2, 0.25) is 5.91 Å². The minimum absolute atomic E-state index is 0.177. The second kappa shape index (κ2) is 6.60. The van der Waals surface area contributed by atoms with Crippen LogP contribution in [0.3, 0.4) is 0 Å². The van der Waals surface area contributed by atoms with E-state index in [0.717, 1.165) is 17.7 Å². The summed E-state index contributed by atoms with van der Waals surface area (Å²) in [5, 5.41) is 0. The highest BCUT2D eigenvalue weighted by atomic mass is 19.1. The number of primary amides is 1. The standard InChI is InChI=1S/C18H17FN2O2/c19-15-4-2-1-3-13(15)11-23-14-7-5-12(6-8-14)16-9-10-17(21-16)18(20)22/h1-8,17H,9-11H2,(H2,20,22)/t17-/m0/s1. The number of rotatable bonds is 5. The minimum Gasteiger partial charge on any atom is -0.489 e. The van der Waals surface area contributed by atoms with E-state index in [-0.39, 0.29) is 18.3 Å². The van der Waals surface area contributed by atoms with Gasteiger partial charge in [0.05, 0.1) is 0 Å². The molecule has 0 spiro atoms. The van der Waals surface area contributed by atoms with Crippen molar-refractivity contribution in [1.82, 2.24) is 0 Å². The third kappa shape index (κ3) is 3.56. The first-order valence-corrected chi connectivity index (χ1v) is 7.46. The highest BCUT2D eigenvalue weighted by Crippen LogP contribution is 2.21. The number of hydrogen-bond acceptors (Lipinski definition) is 3. The lowest BCUT2D eigenvalue weighted by molar-refractivity contribution is -0.119. The molecule has 2 aromatic rings. The van der Waals surface area contributed by atoms with Gasteiger partial charge in [-0.3, -0.25) is 9.79 Å². The van der Waals surface area contributed by atoms with E-state index in [1.165, 1.54) is 6.07 Å². The molecule has 2 N–H and O–H groups in total. The molecule has 0 saturated carbocycles. The van der Waals surface area contributed by atoms with Crippen molar-refractivity contribution < 1.29 is 13.9 Å². The molecule has 5 heteroatoms. The van der Waals surface area contributed by atoms with Crippen molar-refractivity contribution in [2.75, 3.05) is 0 Å². The molecule has 4 nitrogen and oxygen atoms in total. The van der Waals surface area contributed by atoms with Crippen LogP contribution in [0.2, 0.25) is 0 Å². The number of carbonyl (C=O) groups is 1. The van der Waals surface area contributed by atoms with Crippen LogP contribution < -0.4 is 10.5 Å². The molecule has 23 heavy (non-hydrogen) atoms. The van der Waals surface area contributed by atoms with Crippen LogP contribution in [-0.2, 0) is 11.4 Å². The van der Waals surface area contributed by atoms with Crippen LogP contribution in [0.4, 0.5) is 4.39 Å². The number of ether oxygens (including phenoxy) is 1. The summed E-state index contributed by atoms with van der Waals surface area (Å²) >= 11 is 0. The molecule has 0 radical (unpaired) electrons. The van der Waals surface area contributed by atoms with E-state index in [2.05, 4.69) is 4.99 Å². The van der Waals surface area contributed by atoms with E-state index in [0.29, 0.717) is 17.7 Å². The van der Waals surface area contributed by atoms with E-state index in [1.807, 2.05) is 24.3 Å². The van der Waals surface area contributed by atoms with Crippen molar-refractivity contribution >= 4 is 11.6 Å². The molecule has 118 valence electrons. The van der Waals surface area contributed by atoms with E-state index in [4.69, 9.17) is 10.5 Å². The summed E-state index contributed by atoms with van der Waals surface area (Å²) in [6.45, 7) is 0.177. The summed E-state index contributed by atoms with van der Waals surface area (Å²) < 4.78 is 19.1. The summed E-state index contributed by atoms with van der Waals surface area (Å²) in [5.74, 6) is -0.00572. The molecule has 1 heterocycles. The van der Waals surface area contributed by atoms with E-state index >= 15 is 0 Å². The summed E-state index contributed by atoms with van der Waals surface area (Å²) in [6, 6.07) is 13.5. The zero-order valence-electron chi connectivity index (χ0n) is 12.5. The summed E-state index contributed by atoms with van der Waals surface area (Å²) in [4.78, 5) is 15.5. The zero-order chi connectivity index (χ0) is 16.2. The zero-order valence-corrected chi connectivity index (χ0v) is 12.5. The molecule has 2 aromatic carbocycles. The number of aliphatic imine (C=N–C) groups is 1. The van der Waals surface area contributed by atoms with Crippen LogP contribution in [0.25, 0.3) is 0 Å². The van der Waals surface area contributed by atoms with Crippen LogP contribution in [-0.4, -0.2) is 17.7 Å². The molecule has 0 unspecified atom stereocenters. The van der Waals surface area contributed by atoms with Crippen LogP contribution >= 0.6 is 0 Å². The number of amides is 1. The van der Waals surface area contributed by atoms with Gasteiger partial charge in [-0.25, -0.2) is 4.39 Å². The fourth-order valence-electron chi connectivity index (χ4n) is 2.54. The lowest BCUT2D eigenvalue weighted by Crippen LogP contribution is -2.24. The second-order valence-corrected chi connectivity index (χ2v) is 5.44. The van der Waals surface area contributed by atoms with Crippen molar-refractivity contribution in [1.29, 1.82) is 0 Å². The topological polar surface area (TPSA) is 64.7 Å². The number of carbonyl (C=O) groups excluding carboxylic acids is 1. The Balaban J connectivity index is 1.65. The molecule has 1 atom stereocenters. The maximum absolute atomic E-state index is 13.5. The van der Waals surface area contributed by atoms with Gasteiger partial charge in [0.1, 0.15) is 24.2 Å². The average Bonchev–Trinajstić information content (AvgIpc) is 3.05. The SMILES string of the molecule is NC(=O)[C@@H]1CCC(c2ccc(OCc3ccccc3F)cc2)=N1. The molecule has 0 saturated heterocycles. The smallest absolute Gasteiger partial charge is 0.242 e. The predicted molar refractivity (Wildman–Crippen MR) is 85.9 cm³/mol. The van der Waals surface area contributed by atoms with Gasteiger partial charge in [0.25, 0.3) is 0 Å². The molecule has 0 aromatic heterocycles. The van der Waals surface area contributed by atoms with Gasteiger partial charge in [-0.15, -0.1) is 0 Å².